The predicted octanol–water partition coefficient (Wildman–Crippen LogP) is 3.08. The van der Waals surface area contributed by atoms with E-state index in [2.05, 4.69) is 0 Å². The summed E-state index contributed by atoms with van der Waals surface area (Å²) < 4.78 is 11.2. The molecule has 0 aromatic rings. The number of rotatable bonds is 9. The molecule has 0 amide bonds. The summed E-state index contributed by atoms with van der Waals surface area (Å²) in [6.45, 7) is 0. The average molecular weight is 366 g/mol. The Kier molecular flexibility index (Phi) is 5.24. The van der Waals surface area contributed by atoms with Crippen molar-refractivity contribution in [3.05, 3.63) is 0 Å². The summed E-state index contributed by atoms with van der Waals surface area (Å²) in [4.78, 5) is 22.9. The smallest absolute Gasteiger partial charge is 0.303 e. The zero-order valence-corrected chi connectivity index (χ0v) is 15.2. The molecule has 2 heterocycles. The molecular weight excluding hydrogens is 336 g/mol. The van der Waals surface area contributed by atoms with Crippen molar-refractivity contribution in [1.29, 1.82) is 0 Å². The zero-order valence-electron chi connectivity index (χ0n) is 15.2. The van der Waals surface area contributed by atoms with Gasteiger partial charge in [0.15, 0.2) is 0 Å². The van der Waals surface area contributed by atoms with Crippen molar-refractivity contribution in [2.24, 2.45) is 23.7 Å². The second-order valence-corrected chi connectivity index (χ2v) is 8.97. The number of epoxide rings is 2. The van der Waals surface area contributed by atoms with Crippen LogP contribution in [0.3, 0.4) is 0 Å². The molecule has 0 radical (unpaired) electrons. The van der Waals surface area contributed by atoms with Crippen LogP contribution in [0.5, 0.6) is 0 Å². The van der Waals surface area contributed by atoms with Crippen LogP contribution in [0, 0.1) is 23.7 Å². The van der Waals surface area contributed by atoms with E-state index in [-0.39, 0.29) is 24.7 Å². The fourth-order valence-electron chi connectivity index (χ4n) is 5.59. The van der Waals surface area contributed by atoms with Gasteiger partial charge >= 0.3 is 11.9 Å². The molecule has 8 atom stereocenters. The lowest BCUT2D eigenvalue weighted by Gasteiger charge is -2.32. The van der Waals surface area contributed by atoms with Gasteiger partial charge in [0.25, 0.3) is 0 Å². The molecule has 2 saturated carbocycles. The van der Waals surface area contributed by atoms with Gasteiger partial charge in [-0.05, 0) is 75.0 Å². The molecule has 4 fully saturated rings. The van der Waals surface area contributed by atoms with E-state index in [1.807, 2.05) is 0 Å². The van der Waals surface area contributed by atoms with Crippen LogP contribution in [0.2, 0.25) is 0 Å². The summed E-state index contributed by atoms with van der Waals surface area (Å²) in [5.41, 5.74) is 0. The van der Waals surface area contributed by atoms with E-state index < -0.39 is 11.9 Å². The zero-order chi connectivity index (χ0) is 18.3. The Labute approximate surface area is 154 Å². The first-order valence-electron chi connectivity index (χ1n) is 10.2. The predicted molar refractivity (Wildman–Crippen MR) is 92.7 cm³/mol. The van der Waals surface area contributed by atoms with Crippen LogP contribution >= 0.6 is 0 Å². The average Bonchev–Trinajstić information content (AvgIpc) is 3.46. The summed E-state index contributed by atoms with van der Waals surface area (Å²) in [6.07, 6.45) is 9.78. The monoisotopic (exact) mass is 366 g/mol. The number of ether oxygens (including phenoxy) is 2. The molecule has 6 nitrogen and oxygen atoms in total. The third-order valence-corrected chi connectivity index (χ3v) is 7.04. The largest absolute Gasteiger partial charge is 0.481 e. The molecule has 2 aliphatic carbocycles. The van der Waals surface area contributed by atoms with Crippen LogP contribution in [0.15, 0.2) is 0 Å². The van der Waals surface area contributed by atoms with Crippen LogP contribution in [0.25, 0.3) is 0 Å². The quantitative estimate of drug-likeness (QED) is 0.608. The Morgan fingerprint density at radius 2 is 1.15 bits per heavy atom. The highest BCUT2D eigenvalue weighted by molar-refractivity contribution is 5.68. The van der Waals surface area contributed by atoms with Gasteiger partial charge in [-0.15, -0.1) is 0 Å². The fraction of sp³-hybridized carbons (Fsp3) is 0.900. The molecule has 0 spiro atoms. The third kappa shape index (κ3) is 4.58. The van der Waals surface area contributed by atoms with E-state index in [4.69, 9.17) is 9.47 Å². The Bertz CT molecular complexity index is 500. The highest BCUT2D eigenvalue weighted by atomic mass is 16.6. The van der Waals surface area contributed by atoms with Crippen molar-refractivity contribution < 1.29 is 29.3 Å². The topological polar surface area (TPSA) is 99.7 Å². The van der Waals surface area contributed by atoms with E-state index in [0.29, 0.717) is 36.3 Å². The number of fused-ring (bicyclic) bond motifs is 2. The van der Waals surface area contributed by atoms with Crippen LogP contribution in [-0.4, -0.2) is 46.6 Å². The summed E-state index contributed by atoms with van der Waals surface area (Å²) in [6, 6.07) is 0. The number of aliphatic carboxylic acids is 2. The van der Waals surface area contributed by atoms with E-state index >= 15 is 0 Å². The molecule has 2 saturated heterocycles. The normalized spacial score (nSPS) is 40.0. The molecular formula is C20H30O6. The summed E-state index contributed by atoms with van der Waals surface area (Å²) in [5, 5.41) is 18.8. The summed E-state index contributed by atoms with van der Waals surface area (Å²) in [7, 11) is 0. The molecule has 0 aromatic heterocycles. The highest BCUT2D eigenvalue weighted by Gasteiger charge is 2.46. The number of hydrogen-bond acceptors (Lipinski definition) is 4. The maximum Gasteiger partial charge on any atom is 0.303 e. The van der Waals surface area contributed by atoms with Crippen LogP contribution in [-0.2, 0) is 19.1 Å². The molecule has 0 bridgehead atoms. The number of carboxylic acid groups (broad SMARTS) is 2. The van der Waals surface area contributed by atoms with Gasteiger partial charge in [-0.3, -0.25) is 9.59 Å². The third-order valence-electron chi connectivity index (χ3n) is 7.04. The minimum absolute atomic E-state index is 0.0539. The lowest BCUT2D eigenvalue weighted by atomic mass is 9.71. The Hall–Kier alpha value is -1.14. The van der Waals surface area contributed by atoms with Gasteiger partial charge in [-0.1, -0.05) is 0 Å². The van der Waals surface area contributed by atoms with Gasteiger partial charge in [0, 0.05) is 12.8 Å². The number of carboxylic acids is 2. The molecule has 4 rings (SSSR count). The van der Waals surface area contributed by atoms with Gasteiger partial charge in [-0.25, -0.2) is 0 Å². The molecule has 4 aliphatic rings. The van der Waals surface area contributed by atoms with Gasteiger partial charge in [0.1, 0.15) is 0 Å². The van der Waals surface area contributed by atoms with Gasteiger partial charge in [-0.2, -0.15) is 0 Å². The standard InChI is InChI=1S/C20H30O6/c21-19(22)9-13(5-11-1-3-15-17(7-11)25-15)14(10-20(23)24)6-12-2-4-16-18(8-12)26-16/h11-18H,1-10H2,(H,21,22)(H,23,24). The summed E-state index contributed by atoms with van der Waals surface area (Å²) >= 11 is 0. The minimum Gasteiger partial charge on any atom is -0.481 e. The van der Waals surface area contributed by atoms with Crippen LogP contribution < -0.4 is 0 Å². The van der Waals surface area contributed by atoms with Crippen molar-refractivity contribution >= 4 is 11.9 Å². The molecule has 146 valence electrons. The van der Waals surface area contributed by atoms with Crippen LogP contribution in [0.4, 0.5) is 0 Å². The van der Waals surface area contributed by atoms with Crippen LogP contribution in [0.1, 0.15) is 64.2 Å². The molecule has 26 heavy (non-hydrogen) atoms. The Morgan fingerprint density at radius 1 is 0.731 bits per heavy atom. The maximum absolute atomic E-state index is 11.5. The van der Waals surface area contributed by atoms with E-state index in [0.717, 1.165) is 51.4 Å². The first-order valence-corrected chi connectivity index (χ1v) is 10.2. The van der Waals surface area contributed by atoms with Crippen molar-refractivity contribution in [2.45, 2.75) is 88.6 Å². The van der Waals surface area contributed by atoms with Crippen molar-refractivity contribution in [1.82, 2.24) is 0 Å². The van der Waals surface area contributed by atoms with Crippen molar-refractivity contribution in [3.8, 4) is 0 Å². The molecule has 2 aliphatic heterocycles. The SMILES string of the molecule is O=C(O)CC(CC1CCC2OC2C1)C(CC(=O)O)CC1CCC2OC2C1. The van der Waals surface area contributed by atoms with E-state index in [9.17, 15) is 19.8 Å². The first kappa shape index (κ1) is 18.2. The van der Waals surface area contributed by atoms with Gasteiger partial charge in [0.2, 0.25) is 0 Å². The molecule has 6 heteroatoms. The molecule has 8 unspecified atom stereocenters. The molecule has 2 N–H and O–H groups in total. The second-order valence-electron chi connectivity index (χ2n) is 8.97. The first-order chi connectivity index (χ1) is 12.5. The highest BCUT2D eigenvalue weighted by Crippen LogP contribution is 2.46. The Balaban J connectivity index is 1.40. The van der Waals surface area contributed by atoms with Crippen molar-refractivity contribution in [2.75, 3.05) is 0 Å². The number of hydrogen-bond donors (Lipinski definition) is 2. The van der Waals surface area contributed by atoms with Crippen molar-refractivity contribution in [3.63, 3.8) is 0 Å². The Morgan fingerprint density at radius 3 is 1.50 bits per heavy atom. The van der Waals surface area contributed by atoms with Gasteiger partial charge in [0.05, 0.1) is 24.4 Å². The second kappa shape index (κ2) is 7.47. The van der Waals surface area contributed by atoms with E-state index in [1.54, 1.807) is 0 Å². The molecule has 0 aromatic carbocycles. The lowest BCUT2D eigenvalue weighted by Crippen LogP contribution is -2.28. The minimum atomic E-state index is -0.809. The summed E-state index contributed by atoms with van der Waals surface area (Å²) in [5.74, 6) is -0.778. The van der Waals surface area contributed by atoms with E-state index in [1.165, 1.54) is 0 Å². The maximum atomic E-state index is 11.5. The van der Waals surface area contributed by atoms with Gasteiger partial charge < -0.3 is 19.7 Å². The number of carbonyl (C=O) groups is 2. The fourth-order valence-corrected chi connectivity index (χ4v) is 5.59. The lowest BCUT2D eigenvalue weighted by molar-refractivity contribution is -0.142.